The van der Waals surface area contributed by atoms with E-state index in [9.17, 15) is 9.90 Å². The number of hydrogen-bond acceptors (Lipinski definition) is 4. The number of nitrogens with zero attached hydrogens (tertiary/aromatic N) is 3. The molecule has 0 saturated carbocycles. The number of aliphatic hydroxyl groups excluding tert-OH is 1. The highest BCUT2D eigenvalue weighted by molar-refractivity contribution is 6.30. The maximum Gasteiger partial charge on any atom is 0.227 e. The Labute approximate surface area is 203 Å². The van der Waals surface area contributed by atoms with E-state index in [1.807, 2.05) is 64.9 Å². The molecule has 6 nitrogen and oxygen atoms in total. The summed E-state index contributed by atoms with van der Waals surface area (Å²) in [6.07, 6.45) is -0.369. The van der Waals surface area contributed by atoms with Crippen LogP contribution in [0.1, 0.15) is 23.7 Å². The van der Waals surface area contributed by atoms with E-state index in [4.69, 9.17) is 21.3 Å². The Morgan fingerprint density at radius 3 is 2.59 bits per heavy atom. The van der Waals surface area contributed by atoms with E-state index in [0.717, 1.165) is 28.1 Å². The Bertz CT molecular complexity index is 1300. The van der Waals surface area contributed by atoms with E-state index < -0.39 is 6.10 Å². The Morgan fingerprint density at radius 1 is 1.09 bits per heavy atom. The lowest BCUT2D eigenvalue weighted by Crippen LogP contribution is -2.26. The maximum absolute atomic E-state index is 12.9. The molecule has 7 heteroatoms. The third-order valence-corrected chi connectivity index (χ3v) is 6.42. The Balaban J connectivity index is 1.37. The number of amides is 1. The van der Waals surface area contributed by atoms with E-state index in [-0.39, 0.29) is 18.4 Å². The highest BCUT2D eigenvalue weighted by atomic mass is 35.5. The van der Waals surface area contributed by atoms with E-state index in [0.29, 0.717) is 30.3 Å². The van der Waals surface area contributed by atoms with Crippen LogP contribution in [0.15, 0.2) is 72.8 Å². The second kappa shape index (κ2) is 9.49. The van der Waals surface area contributed by atoms with Crippen molar-refractivity contribution in [2.24, 2.45) is 0 Å². The second-order valence-corrected chi connectivity index (χ2v) is 9.17. The number of aryl methyl sites for hydroxylation is 1. The number of imidazole rings is 1. The number of halogens is 1. The van der Waals surface area contributed by atoms with Gasteiger partial charge in [0.1, 0.15) is 24.3 Å². The van der Waals surface area contributed by atoms with Gasteiger partial charge in [-0.3, -0.25) is 4.79 Å². The summed E-state index contributed by atoms with van der Waals surface area (Å²) in [6.45, 7) is 3.04. The molecule has 1 aliphatic heterocycles. The first-order valence-corrected chi connectivity index (χ1v) is 11.7. The molecule has 2 heterocycles. The minimum absolute atomic E-state index is 0.0643. The molecule has 1 amide bonds. The summed E-state index contributed by atoms with van der Waals surface area (Å²) >= 11 is 5.93. The fourth-order valence-electron chi connectivity index (χ4n) is 4.44. The van der Waals surface area contributed by atoms with Crippen LogP contribution in [0.2, 0.25) is 5.02 Å². The number of aromatic nitrogens is 2. The van der Waals surface area contributed by atoms with Crippen LogP contribution >= 0.6 is 11.6 Å². The molecule has 4 aromatic rings. The summed E-state index contributed by atoms with van der Waals surface area (Å²) in [6, 6.07) is 22.9. The van der Waals surface area contributed by atoms with Gasteiger partial charge >= 0.3 is 0 Å². The van der Waals surface area contributed by atoms with E-state index in [1.54, 1.807) is 24.3 Å². The number of benzene rings is 3. The Hall–Kier alpha value is -3.35. The number of ether oxygens (including phenoxy) is 1. The lowest BCUT2D eigenvalue weighted by molar-refractivity contribution is -0.117. The van der Waals surface area contributed by atoms with Crippen LogP contribution in [-0.2, 0) is 11.3 Å². The van der Waals surface area contributed by atoms with Crippen molar-refractivity contribution in [2.45, 2.75) is 31.9 Å². The summed E-state index contributed by atoms with van der Waals surface area (Å²) in [7, 11) is 0. The molecule has 1 aromatic heterocycles. The van der Waals surface area contributed by atoms with Crippen molar-refractivity contribution in [3.63, 3.8) is 0 Å². The van der Waals surface area contributed by atoms with Crippen LogP contribution < -0.4 is 9.64 Å². The van der Waals surface area contributed by atoms with Crippen molar-refractivity contribution in [2.75, 3.05) is 18.1 Å². The minimum atomic E-state index is -0.752. The third kappa shape index (κ3) is 4.65. The largest absolute Gasteiger partial charge is 0.491 e. The van der Waals surface area contributed by atoms with Gasteiger partial charge in [0.25, 0.3) is 0 Å². The molecular formula is C27H26ClN3O3. The van der Waals surface area contributed by atoms with Gasteiger partial charge in [-0.25, -0.2) is 4.98 Å². The van der Waals surface area contributed by atoms with Gasteiger partial charge in [0.05, 0.1) is 17.6 Å². The first-order valence-electron chi connectivity index (χ1n) is 11.4. The number of aliphatic hydroxyl groups is 1. The molecule has 0 bridgehead atoms. The van der Waals surface area contributed by atoms with Crippen molar-refractivity contribution in [3.8, 4) is 5.75 Å². The zero-order valence-electron chi connectivity index (χ0n) is 18.9. The van der Waals surface area contributed by atoms with Crippen LogP contribution in [0.4, 0.5) is 5.69 Å². The molecule has 0 aliphatic carbocycles. The molecule has 1 fully saturated rings. The molecule has 174 valence electrons. The predicted octanol–water partition coefficient (Wildman–Crippen LogP) is 4.96. The summed E-state index contributed by atoms with van der Waals surface area (Å²) in [5, 5.41) is 11.4. The summed E-state index contributed by atoms with van der Waals surface area (Å²) in [4.78, 5) is 19.6. The van der Waals surface area contributed by atoms with Gasteiger partial charge in [-0.2, -0.15) is 0 Å². The van der Waals surface area contributed by atoms with E-state index in [2.05, 4.69) is 0 Å². The number of carbonyl (C=O) groups excluding carboxylic acids is 1. The zero-order valence-corrected chi connectivity index (χ0v) is 19.7. The van der Waals surface area contributed by atoms with Gasteiger partial charge in [-0.1, -0.05) is 41.4 Å². The number of para-hydroxylation sites is 2. The first kappa shape index (κ1) is 22.4. The Kier molecular flexibility index (Phi) is 6.26. The van der Waals surface area contributed by atoms with Gasteiger partial charge in [0.15, 0.2) is 0 Å². The SMILES string of the molecule is Cc1ccc(N2C[C@@H](c3nc4ccccc4n3C[C@H](O)COc3ccc(Cl)cc3)CC2=O)cc1. The highest BCUT2D eigenvalue weighted by Crippen LogP contribution is 2.33. The number of hydrogen-bond donors (Lipinski definition) is 1. The van der Waals surface area contributed by atoms with Gasteiger partial charge in [-0.05, 0) is 55.5 Å². The van der Waals surface area contributed by atoms with Crippen LogP contribution in [0.25, 0.3) is 11.0 Å². The lowest BCUT2D eigenvalue weighted by Gasteiger charge is -2.19. The summed E-state index contributed by atoms with van der Waals surface area (Å²) in [5.74, 6) is 1.48. The molecule has 5 rings (SSSR count). The van der Waals surface area contributed by atoms with Crippen LogP contribution in [-0.4, -0.2) is 39.8 Å². The van der Waals surface area contributed by atoms with Crippen LogP contribution in [0, 0.1) is 6.92 Å². The molecule has 1 N–H and O–H groups in total. The normalized spacial score (nSPS) is 16.9. The summed E-state index contributed by atoms with van der Waals surface area (Å²) < 4.78 is 7.78. The van der Waals surface area contributed by atoms with E-state index >= 15 is 0 Å². The van der Waals surface area contributed by atoms with Crippen molar-refractivity contribution in [1.82, 2.24) is 9.55 Å². The lowest BCUT2D eigenvalue weighted by atomic mass is 10.1. The number of anilines is 1. The number of rotatable bonds is 7. The van der Waals surface area contributed by atoms with Crippen molar-refractivity contribution in [1.29, 1.82) is 0 Å². The molecule has 2 atom stereocenters. The number of fused-ring (bicyclic) bond motifs is 1. The molecule has 34 heavy (non-hydrogen) atoms. The van der Waals surface area contributed by atoms with Gasteiger partial charge in [0, 0.05) is 29.6 Å². The fraction of sp³-hybridized carbons (Fsp3) is 0.259. The Morgan fingerprint density at radius 2 is 1.82 bits per heavy atom. The molecule has 0 spiro atoms. The van der Waals surface area contributed by atoms with Crippen molar-refractivity contribution < 1.29 is 14.6 Å². The van der Waals surface area contributed by atoms with Crippen molar-refractivity contribution >= 4 is 34.2 Å². The van der Waals surface area contributed by atoms with E-state index in [1.165, 1.54) is 0 Å². The average molecular weight is 476 g/mol. The minimum Gasteiger partial charge on any atom is -0.491 e. The van der Waals surface area contributed by atoms with Gasteiger partial charge < -0.3 is 19.3 Å². The second-order valence-electron chi connectivity index (χ2n) is 8.73. The quantitative estimate of drug-likeness (QED) is 0.410. The number of carbonyl (C=O) groups is 1. The highest BCUT2D eigenvalue weighted by Gasteiger charge is 2.35. The average Bonchev–Trinajstić information content (AvgIpc) is 3.40. The monoisotopic (exact) mass is 475 g/mol. The van der Waals surface area contributed by atoms with Gasteiger partial charge in [-0.15, -0.1) is 0 Å². The molecule has 3 aromatic carbocycles. The first-order chi connectivity index (χ1) is 16.5. The predicted molar refractivity (Wildman–Crippen MR) is 134 cm³/mol. The van der Waals surface area contributed by atoms with Crippen LogP contribution in [0.3, 0.4) is 0 Å². The third-order valence-electron chi connectivity index (χ3n) is 6.17. The standard InChI is InChI=1S/C27H26ClN3O3/c1-18-6-10-21(11-7-18)30-15-19(14-26(30)33)27-29-24-4-2-3-5-25(24)31(27)16-22(32)17-34-23-12-8-20(28)9-13-23/h2-13,19,22,32H,14-17H2,1H3/t19-,22-/m0/s1. The zero-order chi connectivity index (χ0) is 23.7. The fourth-order valence-corrected chi connectivity index (χ4v) is 4.57. The van der Waals surface area contributed by atoms with Gasteiger partial charge in [0.2, 0.25) is 5.91 Å². The molecular weight excluding hydrogens is 450 g/mol. The molecule has 1 aliphatic rings. The maximum atomic E-state index is 12.9. The topological polar surface area (TPSA) is 67.6 Å². The van der Waals surface area contributed by atoms with Crippen LogP contribution in [0.5, 0.6) is 5.75 Å². The van der Waals surface area contributed by atoms with Crippen molar-refractivity contribution in [3.05, 3.63) is 89.2 Å². The molecule has 1 saturated heterocycles. The summed E-state index contributed by atoms with van der Waals surface area (Å²) in [5.41, 5.74) is 3.84. The molecule has 0 unspecified atom stereocenters. The smallest absolute Gasteiger partial charge is 0.227 e. The molecule has 0 radical (unpaired) electrons.